The molecule has 0 saturated heterocycles. The maximum Gasteiger partial charge on any atom is 0.226 e. The van der Waals surface area contributed by atoms with E-state index in [2.05, 4.69) is 10.3 Å². The van der Waals surface area contributed by atoms with Crippen LogP contribution < -0.4 is 5.32 Å². The number of aliphatic hydroxyl groups is 3. The lowest BCUT2D eigenvalue weighted by atomic mass is 9.80. The summed E-state index contributed by atoms with van der Waals surface area (Å²) >= 11 is 1.46. The standard InChI is InChI=1S/C33H57N3O5S/c1-23(2)15-29(37)31(39)28(16-24-11-7-5-8-12-24)36(19-25-13-9-6-10-14-25)32(40)26(17-27-20-42-22-35-27)18-30(38)34-21-33(3,4)41/h20,22-26,28-29,31,37,39,41H,5-19,21H2,1-4H3,(H,34,38)/t26-,28+,29+,31-/m1/s1. The smallest absolute Gasteiger partial charge is 0.226 e. The molecule has 0 radical (unpaired) electrons. The van der Waals surface area contributed by atoms with Crippen molar-refractivity contribution in [2.75, 3.05) is 13.1 Å². The summed E-state index contributed by atoms with van der Waals surface area (Å²) in [7, 11) is 0. The van der Waals surface area contributed by atoms with Gasteiger partial charge in [0, 0.05) is 31.3 Å². The second-order valence-corrected chi connectivity index (χ2v) is 14.9. The molecule has 0 aromatic carbocycles. The number of carbonyl (C=O) groups is 2. The van der Waals surface area contributed by atoms with Crippen LogP contribution >= 0.6 is 11.3 Å². The van der Waals surface area contributed by atoms with Crippen molar-refractivity contribution in [2.24, 2.45) is 23.7 Å². The molecule has 8 nitrogen and oxygen atoms in total. The van der Waals surface area contributed by atoms with Gasteiger partial charge in [-0.3, -0.25) is 9.59 Å². The van der Waals surface area contributed by atoms with E-state index < -0.39 is 29.8 Å². The average molecular weight is 608 g/mol. The van der Waals surface area contributed by atoms with Gasteiger partial charge in [-0.15, -0.1) is 11.3 Å². The fourth-order valence-electron chi connectivity index (χ4n) is 6.81. The first kappa shape index (κ1) is 34.9. The minimum Gasteiger partial charge on any atom is -0.390 e. The van der Waals surface area contributed by atoms with Crippen molar-refractivity contribution < 1.29 is 24.9 Å². The van der Waals surface area contributed by atoms with E-state index >= 15 is 0 Å². The van der Waals surface area contributed by atoms with Gasteiger partial charge in [-0.2, -0.15) is 0 Å². The highest BCUT2D eigenvalue weighted by Crippen LogP contribution is 2.34. The monoisotopic (exact) mass is 607 g/mol. The number of hydrogen-bond acceptors (Lipinski definition) is 7. The van der Waals surface area contributed by atoms with Crippen LogP contribution in [0.1, 0.15) is 117 Å². The molecule has 4 N–H and O–H groups in total. The summed E-state index contributed by atoms with van der Waals surface area (Å²) in [6, 6.07) is -0.506. The van der Waals surface area contributed by atoms with Crippen molar-refractivity contribution in [2.45, 2.75) is 141 Å². The van der Waals surface area contributed by atoms with Crippen LogP contribution in [0, 0.1) is 23.7 Å². The normalized spacial score (nSPS) is 20.2. The number of rotatable bonds is 16. The van der Waals surface area contributed by atoms with E-state index in [1.54, 1.807) is 19.4 Å². The molecular weight excluding hydrogens is 550 g/mol. The molecule has 42 heavy (non-hydrogen) atoms. The van der Waals surface area contributed by atoms with Crippen molar-refractivity contribution in [3.63, 3.8) is 0 Å². The third kappa shape index (κ3) is 11.9. The zero-order valence-corrected chi connectivity index (χ0v) is 27.3. The highest BCUT2D eigenvalue weighted by Gasteiger charge is 2.40. The van der Waals surface area contributed by atoms with Crippen LogP contribution in [0.25, 0.3) is 0 Å². The maximum absolute atomic E-state index is 14.7. The Labute approximate surface area is 257 Å². The summed E-state index contributed by atoms with van der Waals surface area (Å²) in [5.74, 6) is -0.116. The molecule has 0 spiro atoms. The molecule has 1 aromatic heterocycles. The highest BCUT2D eigenvalue weighted by atomic mass is 32.1. The Kier molecular flexibility index (Phi) is 14.2. The largest absolute Gasteiger partial charge is 0.390 e. The van der Waals surface area contributed by atoms with Crippen LogP contribution in [0.5, 0.6) is 0 Å². The molecule has 240 valence electrons. The molecule has 0 bridgehead atoms. The fraction of sp³-hybridized carbons (Fsp3) is 0.848. The number of nitrogens with zero attached hydrogens (tertiary/aromatic N) is 2. The predicted octanol–water partition coefficient (Wildman–Crippen LogP) is 5.09. The van der Waals surface area contributed by atoms with Gasteiger partial charge in [0.05, 0.1) is 34.9 Å². The van der Waals surface area contributed by atoms with Crippen LogP contribution in [0.2, 0.25) is 0 Å². The lowest BCUT2D eigenvalue weighted by molar-refractivity contribution is -0.147. The summed E-state index contributed by atoms with van der Waals surface area (Å²) in [6.45, 7) is 7.98. The van der Waals surface area contributed by atoms with Crippen LogP contribution in [-0.4, -0.2) is 74.0 Å². The summed E-state index contributed by atoms with van der Waals surface area (Å²) in [4.78, 5) is 34.1. The van der Waals surface area contributed by atoms with Gasteiger partial charge in [-0.05, 0) is 57.3 Å². The van der Waals surface area contributed by atoms with Gasteiger partial charge in [0.1, 0.15) is 6.10 Å². The summed E-state index contributed by atoms with van der Waals surface area (Å²) in [5.41, 5.74) is 1.46. The number of amides is 2. The number of nitrogens with one attached hydrogen (secondary N) is 1. The van der Waals surface area contributed by atoms with Gasteiger partial charge < -0.3 is 25.5 Å². The molecule has 2 saturated carbocycles. The zero-order chi connectivity index (χ0) is 30.7. The van der Waals surface area contributed by atoms with Gasteiger partial charge in [0.15, 0.2) is 0 Å². The van der Waals surface area contributed by atoms with E-state index in [0.717, 1.165) is 57.1 Å². The molecule has 0 unspecified atom stereocenters. The van der Waals surface area contributed by atoms with Gasteiger partial charge in [-0.1, -0.05) is 65.2 Å². The second-order valence-electron chi connectivity index (χ2n) is 14.2. The van der Waals surface area contributed by atoms with E-state index in [-0.39, 0.29) is 30.7 Å². The van der Waals surface area contributed by atoms with Crippen molar-refractivity contribution in [3.05, 3.63) is 16.6 Å². The Balaban J connectivity index is 1.94. The average Bonchev–Trinajstić information content (AvgIpc) is 3.46. The Morgan fingerprint density at radius 2 is 1.67 bits per heavy atom. The summed E-state index contributed by atoms with van der Waals surface area (Å²) in [6.07, 6.45) is 10.8. The fourth-order valence-corrected chi connectivity index (χ4v) is 7.39. The van der Waals surface area contributed by atoms with Gasteiger partial charge in [0.2, 0.25) is 11.8 Å². The van der Waals surface area contributed by atoms with E-state index in [1.165, 1.54) is 24.2 Å². The Hall–Kier alpha value is -1.55. The third-order valence-electron chi connectivity index (χ3n) is 9.10. The molecule has 0 aliphatic heterocycles. The van der Waals surface area contributed by atoms with Crippen LogP contribution in [0.3, 0.4) is 0 Å². The molecule has 2 aliphatic rings. The summed E-state index contributed by atoms with van der Waals surface area (Å²) in [5, 5.41) is 37.8. The van der Waals surface area contributed by atoms with E-state index in [9.17, 15) is 24.9 Å². The van der Waals surface area contributed by atoms with E-state index in [1.807, 2.05) is 24.1 Å². The molecule has 1 aromatic rings. The molecule has 2 fully saturated rings. The minimum atomic E-state index is -1.06. The Morgan fingerprint density at radius 3 is 2.21 bits per heavy atom. The molecule has 1 heterocycles. The quantitative estimate of drug-likeness (QED) is 0.208. The van der Waals surface area contributed by atoms with Crippen LogP contribution in [0.15, 0.2) is 10.9 Å². The van der Waals surface area contributed by atoms with E-state index in [0.29, 0.717) is 37.6 Å². The Morgan fingerprint density at radius 1 is 1.05 bits per heavy atom. The number of aromatic nitrogens is 1. The number of carbonyl (C=O) groups excluding carboxylic acids is 2. The molecule has 4 atom stereocenters. The first-order valence-corrected chi connectivity index (χ1v) is 17.4. The van der Waals surface area contributed by atoms with Crippen molar-refractivity contribution in [3.8, 4) is 0 Å². The van der Waals surface area contributed by atoms with E-state index in [4.69, 9.17) is 0 Å². The highest BCUT2D eigenvalue weighted by molar-refractivity contribution is 7.07. The lowest BCUT2D eigenvalue weighted by Crippen LogP contribution is -2.55. The van der Waals surface area contributed by atoms with Crippen LogP contribution in [0.4, 0.5) is 0 Å². The number of aliphatic hydroxyl groups excluding tert-OH is 2. The Bertz CT molecular complexity index is 923. The molecule has 2 amide bonds. The lowest BCUT2D eigenvalue weighted by Gasteiger charge is -2.43. The molecule has 9 heteroatoms. The third-order valence-corrected chi connectivity index (χ3v) is 9.74. The van der Waals surface area contributed by atoms with Crippen LogP contribution in [-0.2, 0) is 16.0 Å². The van der Waals surface area contributed by atoms with Gasteiger partial charge >= 0.3 is 0 Å². The molecule has 2 aliphatic carbocycles. The predicted molar refractivity (Wildman–Crippen MR) is 168 cm³/mol. The topological polar surface area (TPSA) is 123 Å². The minimum absolute atomic E-state index is 0.0194. The zero-order valence-electron chi connectivity index (χ0n) is 26.5. The van der Waals surface area contributed by atoms with Crippen molar-refractivity contribution in [1.29, 1.82) is 0 Å². The van der Waals surface area contributed by atoms with Gasteiger partial charge in [-0.25, -0.2) is 4.98 Å². The van der Waals surface area contributed by atoms with Gasteiger partial charge in [0.25, 0.3) is 0 Å². The molecular formula is C33H57N3O5S. The van der Waals surface area contributed by atoms with Crippen molar-refractivity contribution in [1.82, 2.24) is 15.2 Å². The number of thiazole rings is 1. The maximum atomic E-state index is 14.7. The first-order valence-electron chi connectivity index (χ1n) is 16.5. The first-order chi connectivity index (χ1) is 19.9. The summed E-state index contributed by atoms with van der Waals surface area (Å²) < 4.78 is 0. The second kappa shape index (κ2) is 17.1. The van der Waals surface area contributed by atoms with Crippen molar-refractivity contribution >= 4 is 23.2 Å². The molecule has 3 rings (SSSR count). The number of hydrogen-bond donors (Lipinski definition) is 4. The SMILES string of the molecule is CC(C)C[C@H](O)[C@H](O)[C@H](CC1CCCCC1)N(CC1CCCCC1)C(=O)[C@@H](CC(=O)NCC(C)(C)O)Cc1cscn1.